The first-order valence-corrected chi connectivity index (χ1v) is 8.62. The number of rotatable bonds is 2. The molecule has 1 unspecified atom stereocenters. The molecular weight excluding hydrogens is 342 g/mol. The Kier molecular flexibility index (Phi) is 8.68. The van der Waals surface area contributed by atoms with Crippen molar-refractivity contribution < 1.29 is 64.9 Å². The van der Waals surface area contributed by atoms with Gasteiger partial charge in [0.1, 0.15) is 10.1 Å². The van der Waals surface area contributed by atoms with Crippen molar-refractivity contribution in [2.45, 2.75) is 22.6 Å². The van der Waals surface area contributed by atoms with E-state index in [0.29, 0.717) is 12.8 Å². The van der Waals surface area contributed by atoms with Crippen LogP contribution < -0.4 is 37.7 Å². The molecule has 0 spiro atoms. The third kappa shape index (κ3) is 4.83. The smallest absolute Gasteiger partial charge is 0.870 e. The number of hydrogen-bond acceptors (Lipinski definition) is 6. The summed E-state index contributed by atoms with van der Waals surface area (Å²) in [6.07, 6.45) is 1.01. The van der Waals surface area contributed by atoms with Gasteiger partial charge in [0, 0.05) is 4.90 Å². The van der Waals surface area contributed by atoms with Crippen LogP contribution in [-0.4, -0.2) is 27.2 Å². The topological polar surface area (TPSA) is 127 Å². The quantitative estimate of drug-likeness (QED) is 0.258. The zero-order valence-electron chi connectivity index (χ0n) is 13.2. The molecule has 0 amide bonds. The molecule has 2 aromatic rings. The average molecular weight is 353 g/mol. The molecule has 1 N–H and O–H groups in total. The molecule has 0 fully saturated rings. The SMILES string of the molecule is O=S([O-])c1ccc2c(c1)Cc1ccc(S(=O)(=O)[O-])cc1C2.[Li+].[Li+].[OH-]. The van der Waals surface area contributed by atoms with E-state index in [-0.39, 0.29) is 53.0 Å². The van der Waals surface area contributed by atoms with Gasteiger partial charge in [0.05, 0.1) is 4.90 Å². The van der Waals surface area contributed by atoms with Gasteiger partial charge < -0.3 is 14.6 Å². The van der Waals surface area contributed by atoms with Crippen molar-refractivity contribution in [3.63, 3.8) is 0 Å². The van der Waals surface area contributed by atoms with Gasteiger partial charge in [-0.05, 0) is 70.4 Å². The summed E-state index contributed by atoms with van der Waals surface area (Å²) in [7, 11) is -4.46. The van der Waals surface area contributed by atoms with Crippen molar-refractivity contribution in [1.29, 1.82) is 0 Å². The third-order valence-electron chi connectivity index (χ3n) is 3.60. The fraction of sp³-hybridized carbons (Fsp3) is 0.143. The van der Waals surface area contributed by atoms with E-state index in [1.54, 1.807) is 18.2 Å². The summed E-state index contributed by atoms with van der Waals surface area (Å²) >= 11 is -2.27. The molecule has 0 bridgehead atoms. The molecule has 1 aliphatic rings. The van der Waals surface area contributed by atoms with E-state index in [2.05, 4.69) is 0 Å². The molecule has 118 valence electrons. The van der Waals surface area contributed by atoms with Crippen LogP contribution in [0.4, 0.5) is 0 Å². The van der Waals surface area contributed by atoms with Crippen LogP contribution in [0, 0.1) is 0 Å². The van der Waals surface area contributed by atoms with Gasteiger partial charge in [0.2, 0.25) is 0 Å². The first kappa shape index (κ1) is 23.6. The van der Waals surface area contributed by atoms with E-state index in [0.717, 1.165) is 22.3 Å². The van der Waals surface area contributed by atoms with Crippen LogP contribution in [0.15, 0.2) is 46.2 Å². The third-order valence-corrected chi connectivity index (χ3v) is 5.07. The minimum Gasteiger partial charge on any atom is -0.870 e. The van der Waals surface area contributed by atoms with Crippen molar-refractivity contribution in [3.8, 4) is 0 Å². The van der Waals surface area contributed by atoms with Crippen molar-refractivity contribution in [1.82, 2.24) is 0 Å². The summed E-state index contributed by atoms with van der Waals surface area (Å²) in [5.74, 6) is 0. The Balaban J connectivity index is 0.00000176. The monoisotopic (exact) mass is 353 g/mol. The van der Waals surface area contributed by atoms with Gasteiger partial charge in [-0.3, -0.25) is 4.21 Å². The zero-order chi connectivity index (χ0) is 15.2. The molecule has 0 aliphatic heterocycles. The minimum atomic E-state index is -4.46. The Bertz CT molecular complexity index is 868. The van der Waals surface area contributed by atoms with Crippen LogP contribution in [0.5, 0.6) is 0 Å². The molecule has 0 saturated heterocycles. The summed E-state index contributed by atoms with van der Waals surface area (Å²) in [5.41, 5.74) is 3.54. The standard InChI is InChI=1S/C14H12O5S2.2Li.H2O/c15-20(16)13-3-1-9-6-12-8-14(21(17,18)19)4-2-10(12)5-11(9)7-13;;;/h1-4,7-8H,5-6H2,(H,15,16)(H,17,18,19);;;1H2/q;2*+1;/p-3. The summed E-state index contributed by atoms with van der Waals surface area (Å²) in [6, 6.07) is 9.18. The zero-order valence-corrected chi connectivity index (χ0v) is 14.8. The number of fused-ring (bicyclic) bond motifs is 2. The first-order chi connectivity index (χ1) is 9.84. The Hall–Kier alpha value is -0.385. The molecule has 10 heteroatoms. The largest absolute Gasteiger partial charge is 1.00 e. The fourth-order valence-electron chi connectivity index (χ4n) is 2.55. The maximum Gasteiger partial charge on any atom is 1.00 e. The van der Waals surface area contributed by atoms with Crippen LogP contribution in [0.1, 0.15) is 22.3 Å². The molecular formula is C14H11Li2O6S2-. The Morgan fingerprint density at radius 2 is 1.38 bits per heavy atom. The minimum absolute atomic E-state index is 0. The Labute approximate surface area is 166 Å². The average Bonchev–Trinajstić information content (AvgIpc) is 2.42. The molecule has 0 radical (unpaired) electrons. The van der Waals surface area contributed by atoms with Crippen molar-refractivity contribution in [2.24, 2.45) is 0 Å². The van der Waals surface area contributed by atoms with Gasteiger partial charge in [-0.1, -0.05) is 12.1 Å². The first-order valence-electron chi connectivity index (χ1n) is 6.13. The Morgan fingerprint density at radius 1 is 0.875 bits per heavy atom. The Morgan fingerprint density at radius 3 is 1.88 bits per heavy atom. The molecule has 6 nitrogen and oxygen atoms in total. The second-order valence-corrected chi connectivity index (χ2v) is 7.22. The number of hydrogen-bond donors (Lipinski definition) is 0. The van der Waals surface area contributed by atoms with Gasteiger partial charge in [-0.25, -0.2) is 8.42 Å². The maximum absolute atomic E-state index is 11.1. The molecule has 3 rings (SSSR count). The molecule has 0 aromatic heterocycles. The van der Waals surface area contributed by atoms with Crippen LogP contribution >= 0.6 is 0 Å². The number of benzene rings is 2. The van der Waals surface area contributed by atoms with E-state index in [1.165, 1.54) is 18.2 Å². The summed E-state index contributed by atoms with van der Waals surface area (Å²) in [4.78, 5) is -0.00191. The second kappa shape index (κ2) is 8.82. The molecule has 24 heavy (non-hydrogen) atoms. The van der Waals surface area contributed by atoms with E-state index in [4.69, 9.17) is 0 Å². The maximum atomic E-state index is 11.1. The van der Waals surface area contributed by atoms with Crippen LogP contribution in [0.3, 0.4) is 0 Å². The normalized spacial score (nSPS) is 13.2. The summed E-state index contributed by atoms with van der Waals surface area (Å²) < 4.78 is 55.2. The molecule has 1 aliphatic carbocycles. The van der Waals surface area contributed by atoms with Gasteiger partial charge in [-0.2, -0.15) is 0 Å². The second-order valence-electron chi connectivity index (χ2n) is 4.90. The van der Waals surface area contributed by atoms with Crippen molar-refractivity contribution in [2.75, 3.05) is 0 Å². The van der Waals surface area contributed by atoms with Crippen LogP contribution in [0.2, 0.25) is 0 Å². The van der Waals surface area contributed by atoms with Crippen LogP contribution in [-0.2, 0) is 34.0 Å². The van der Waals surface area contributed by atoms with E-state index in [9.17, 15) is 21.7 Å². The van der Waals surface area contributed by atoms with Crippen LogP contribution in [0.25, 0.3) is 0 Å². The van der Waals surface area contributed by atoms with Crippen molar-refractivity contribution in [3.05, 3.63) is 58.7 Å². The predicted molar refractivity (Wildman–Crippen MR) is 75.6 cm³/mol. The van der Waals surface area contributed by atoms with Gasteiger partial charge in [-0.15, -0.1) is 0 Å². The van der Waals surface area contributed by atoms with Crippen molar-refractivity contribution >= 4 is 21.2 Å². The summed E-state index contributed by atoms with van der Waals surface area (Å²) in [5, 5.41) is 0. The fourth-order valence-corrected chi connectivity index (χ4v) is 3.49. The van der Waals surface area contributed by atoms with Gasteiger partial charge >= 0.3 is 37.7 Å². The van der Waals surface area contributed by atoms with E-state index in [1.807, 2.05) is 0 Å². The molecule has 0 saturated carbocycles. The van der Waals surface area contributed by atoms with Gasteiger partial charge in [0.15, 0.2) is 0 Å². The van der Waals surface area contributed by atoms with E-state index < -0.39 is 21.2 Å². The molecule has 2 aromatic carbocycles. The van der Waals surface area contributed by atoms with E-state index >= 15 is 0 Å². The predicted octanol–water partition coefficient (Wildman–Crippen LogP) is -4.85. The summed E-state index contributed by atoms with van der Waals surface area (Å²) in [6.45, 7) is 0. The molecule has 0 heterocycles. The molecule has 1 atom stereocenters. The van der Waals surface area contributed by atoms with Gasteiger partial charge in [0.25, 0.3) is 0 Å².